The van der Waals surface area contributed by atoms with E-state index >= 15 is 0 Å². The third-order valence-electron chi connectivity index (χ3n) is 3.14. The van der Waals surface area contributed by atoms with E-state index in [0.29, 0.717) is 0 Å². The molecule has 1 atom stereocenters. The molecule has 1 N–H and O–H groups in total. The molecule has 0 fully saturated rings. The normalized spacial score (nSPS) is 13.8. The Hall–Kier alpha value is 0.137. The van der Waals surface area contributed by atoms with Gasteiger partial charge in [0, 0.05) is 6.67 Å². The second-order valence-corrected chi connectivity index (χ2v) is 8.19. The first-order chi connectivity index (χ1) is 7.15. The summed E-state index contributed by atoms with van der Waals surface area (Å²) in [6.45, 7) is 14.9. The molecule has 2 nitrogen and oxygen atoms in total. The first kappa shape index (κ1) is 15.1. The van der Waals surface area contributed by atoms with E-state index in [-0.39, 0.29) is 0 Å². The molecule has 0 amide bonds. The first-order valence-electron chi connectivity index (χ1n) is 6.61. The van der Waals surface area contributed by atoms with E-state index in [2.05, 4.69) is 44.5 Å². The van der Waals surface area contributed by atoms with E-state index < -0.39 is 8.96 Å². The third-order valence-corrected chi connectivity index (χ3v) is 6.49. The predicted molar refractivity (Wildman–Crippen MR) is 72.9 cm³/mol. The second kappa shape index (κ2) is 9.37. The van der Waals surface area contributed by atoms with Gasteiger partial charge in [0.25, 0.3) is 0 Å². The van der Waals surface area contributed by atoms with Crippen LogP contribution in [0.15, 0.2) is 0 Å². The highest BCUT2D eigenvalue weighted by Gasteiger charge is 2.14. The first-order valence-corrected chi connectivity index (χ1v) is 8.67. The molecule has 15 heavy (non-hydrogen) atoms. The maximum Gasteiger partial charge on any atom is 0.112 e. The average molecular weight is 230 g/mol. The number of nitrogens with zero attached hydrogens (tertiary/aromatic N) is 1. The summed E-state index contributed by atoms with van der Waals surface area (Å²) in [5.74, 6) is 0. The van der Waals surface area contributed by atoms with Crippen molar-refractivity contribution in [1.82, 2.24) is 9.88 Å². The summed E-state index contributed by atoms with van der Waals surface area (Å²) in [6.07, 6.45) is 2.74. The summed E-state index contributed by atoms with van der Waals surface area (Å²) in [7, 11) is -0.700. The van der Waals surface area contributed by atoms with Crippen molar-refractivity contribution >= 4 is 8.96 Å². The zero-order chi connectivity index (χ0) is 11.7. The lowest BCUT2D eigenvalue weighted by Gasteiger charge is -2.25. The molecule has 3 heteroatoms. The van der Waals surface area contributed by atoms with Crippen LogP contribution in [-0.2, 0) is 0 Å². The van der Waals surface area contributed by atoms with Gasteiger partial charge in [-0.2, -0.15) is 0 Å². The van der Waals surface area contributed by atoms with E-state index in [1.165, 1.54) is 18.9 Å². The predicted octanol–water partition coefficient (Wildman–Crippen LogP) is 2.81. The van der Waals surface area contributed by atoms with Gasteiger partial charge in [-0.15, -0.1) is 0 Å². The van der Waals surface area contributed by atoms with Crippen molar-refractivity contribution in [2.24, 2.45) is 0 Å². The minimum atomic E-state index is -0.700. The van der Waals surface area contributed by atoms with Gasteiger partial charge in [-0.05, 0) is 24.7 Å². The summed E-state index contributed by atoms with van der Waals surface area (Å²) >= 11 is 0. The molecule has 0 saturated heterocycles. The van der Waals surface area contributed by atoms with Gasteiger partial charge < -0.3 is 4.98 Å². The molecule has 0 bridgehead atoms. The van der Waals surface area contributed by atoms with Crippen LogP contribution in [0, 0.1) is 0 Å². The van der Waals surface area contributed by atoms with Gasteiger partial charge in [0.1, 0.15) is 8.96 Å². The van der Waals surface area contributed by atoms with Crippen molar-refractivity contribution in [2.45, 2.75) is 59.0 Å². The minimum Gasteiger partial charge on any atom is -0.327 e. The summed E-state index contributed by atoms with van der Waals surface area (Å²) in [5.41, 5.74) is 0.882. The number of nitrogens with one attached hydrogen (secondary N) is 1. The highest BCUT2D eigenvalue weighted by atomic mass is 28.3. The van der Waals surface area contributed by atoms with Crippen LogP contribution in [0.2, 0.25) is 11.6 Å². The lowest BCUT2D eigenvalue weighted by atomic mass is 10.4. The van der Waals surface area contributed by atoms with Crippen molar-refractivity contribution in [1.29, 1.82) is 0 Å². The van der Waals surface area contributed by atoms with Crippen LogP contribution in [-0.4, -0.2) is 33.6 Å². The molecule has 0 aromatic carbocycles. The Balaban J connectivity index is 3.83. The molecule has 0 aromatic heterocycles. The highest BCUT2D eigenvalue weighted by molar-refractivity contribution is 6.57. The second-order valence-electron chi connectivity index (χ2n) is 4.66. The molecule has 0 rings (SSSR count). The van der Waals surface area contributed by atoms with Gasteiger partial charge >= 0.3 is 0 Å². The molecule has 0 aliphatic rings. The molecule has 0 radical (unpaired) electrons. The number of hydrogen-bond acceptors (Lipinski definition) is 2. The van der Waals surface area contributed by atoms with Crippen LogP contribution in [0.4, 0.5) is 0 Å². The lowest BCUT2D eigenvalue weighted by molar-refractivity contribution is 0.299. The average Bonchev–Trinajstić information content (AvgIpc) is 2.23. The molecular formula is C12H30N2Si. The SMILES string of the molecule is CCCC[SiH](NCN(CC)CC)C(C)C. The van der Waals surface area contributed by atoms with Crippen molar-refractivity contribution < 1.29 is 0 Å². The Labute approximate surface area is 98.1 Å². The molecular weight excluding hydrogens is 200 g/mol. The van der Waals surface area contributed by atoms with Gasteiger partial charge in [0.05, 0.1) is 0 Å². The largest absolute Gasteiger partial charge is 0.327 e. The number of rotatable bonds is 9. The Morgan fingerprint density at radius 1 is 1.13 bits per heavy atom. The number of unbranched alkanes of at least 4 members (excludes halogenated alkanes) is 1. The fourth-order valence-electron chi connectivity index (χ4n) is 1.79. The zero-order valence-corrected chi connectivity index (χ0v) is 12.5. The molecule has 0 aromatic rings. The van der Waals surface area contributed by atoms with Crippen LogP contribution in [0.3, 0.4) is 0 Å². The van der Waals surface area contributed by atoms with E-state index in [1.54, 1.807) is 0 Å². The van der Waals surface area contributed by atoms with Crippen molar-refractivity contribution in [3.63, 3.8) is 0 Å². The molecule has 0 saturated carbocycles. The fraction of sp³-hybridized carbons (Fsp3) is 1.00. The Kier molecular flexibility index (Phi) is 9.45. The topological polar surface area (TPSA) is 15.3 Å². The van der Waals surface area contributed by atoms with E-state index in [0.717, 1.165) is 25.3 Å². The molecule has 1 unspecified atom stereocenters. The minimum absolute atomic E-state index is 0.700. The molecule has 0 aliphatic heterocycles. The van der Waals surface area contributed by atoms with Crippen LogP contribution in [0.25, 0.3) is 0 Å². The van der Waals surface area contributed by atoms with Gasteiger partial charge in [-0.25, -0.2) is 0 Å². The molecule has 0 spiro atoms. The maximum absolute atomic E-state index is 3.82. The van der Waals surface area contributed by atoms with Gasteiger partial charge in [0.2, 0.25) is 0 Å². The van der Waals surface area contributed by atoms with E-state index in [9.17, 15) is 0 Å². The Morgan fingerprint density at radius 2 is 1.73 bits per heavy atom. The van der Waals surface area contributed by atoms with E-state index in [1.807, 2.05) is 0 Å². The van der Waals surface area contributed by atoms with Crippen molar-refractivity contribution in [3.05, 3.63) is 0 Å². The van der Waals surface area contributed by atoms with Crippen molar-refractivity contribution in [2.75, 3.05) is 19.8 Å². The smallest absolute Gasteiger partial charge is 0.112 e. The summed E-state index contributed by atoms with van der Waals surface area (Å²) in [6, 6.07) is 1.45. The van der Waals surface area contributed by atoms with Crippen molar-refractivity contribution in [3.8, 4) is 0 Å². The number of hydrogen-bond donors (Lipinski definition) is 1. The van der Waals surface area contributed by atoms with Crippen LogP contribution in [0.5, 0.6) is 0 Å². The van der Waals surface area contributed by atoms with Crippen LogP contribution >= 0.6 is 0 Å². The monoisotopic (exact) mass is 230 g/mol. The zero-order valence-electron chi connectivity index (χ0n) is 11.3. The van der Waals surface area contributed by atoms with Crippen LogP contribution in [0.1, 0.15) is 47.5 Å². The molecule has 0 heterocycles. The molecule has 0 aliphatic carbocycles. The fourth-order valence-corrected chi connectivity index (χ4v) is 4.47. The van der Waals surface area contributed by atoms with Gasteiger partial charge in [-0.3, -0.25) is 4.90 Å². The van der Waals surface area contributed by atoms with Crippen LogP contribution < -0.4 is 4.98 Å². The maximum atomic E-state index is 3.82. The third kappa shape index (κ3) is 7.09. The standard InChI is InChI=1S/C12H30N2Si/c1-6-9-10-15(12(4)5)13-11-14(7-2)8-3/h12-13,15H,6-11H2,1-5H3. The Morgan fingerprint density at radius 3 is 2.13 bits per heavy atom. The lowest BCUT2D eigenvalue weighted by Crippen LogP contribution is -2.44. The quantitative estimate of drug-likeness (QED) is 0.484. The summed E-state index contributed by atoms with van der Waals surface area (Å²) in [5, 5.41) is 0. The summed E-state index contributed by atoms with van der Waals surface area (Å²) < 4.78 is 0. The summed E-state index contributed by atoms with van der Waals surface area (Å²) in [4.78, 5) is 6.29. The van der Waals surface area contributed by atoms with E-state index in [4.69, 9.17) is 0 Å². The Bertz CT molecular complexity index is 136. The highest BCUT2D eigenvalue weighted by Crippen LogP contribution is 2.12. The molecule has 92 valence electrons. The van der Waals surface area contributed by atoms with Gasteiger partial charge in [-0.1, -0.05) is 47.5 Å². The van der Waals surface area contributed by atoms with Gasteiger partial charge in [0.15, 0.2) is 0 Å².